The van der Waals surface area contributed by atoms with Crippen LogP contribution < -0.4 is 5.32 Å². The molecule has 206 valence electrons. The average Bonchev–Trinajstić information content (AvgIpc) is 3.51. The minimum Gasteiger partial charge on any atom is -0.391 e. The van der Waals surface area contributed by atoms with Crippen molar-refractivity contribution in [1.82, 2.24) is 5.32 Å². The lowest BCUT2D eigenvalue weighted by atomic mass is 9.64. The highest BCUT2D eigenvalue weighted by Crippen LogP contribution is 2.49. The van der Waals surface area contributed by atoms with Gasteiger partial charge in [0.1, 0.15) is 0 Å². The summed E-state index contributed by atoms with van der Waals surface area (Å²) in [6.45, 7) is 5.89. The molecular formula is C37H53N. The molecule has 5 aliphatic carbocycles. The molecule has 0 bridgehead atoms. The van der Waals surface area contributed by atoms with E-state index in [1.807, 2.05) is 5.57 Å². The highest BCUT2D eigenvalue weighted by molar-refractivity contribution is 5.38. The third-order valence-electron chi connectivity index (χ3n) is 11.5. The topological polar surface area (TPSA) is 12.0 Å². The minimum absolute atomic E-state index is 0.724. The molecule has 0 saturated carbocycles. The van der Waals surface area contributed by atoms with Gasteiger partial charge in [0, 0.05) is 6.54 Å². The lowest BCUT2D eigenvalue weighted by Gasteiger charge is -2.40. The van der Waals surface area contributed by atoms with Crippen LogP contribution in [0.1, 0.15) is 110 Å². The lowest BCUT2D eigenvalue weighted by molar-refractivity contribution is 0.269. The molecule has 7 unspecified atom stereocenters. The number of hydrogen-bond donors (Lipinski definition) is 1. The van der Waals surface area contributed by atoms with Crippen LogP contribution in [0.5, 0.6) is 0 Å². The molecule has 0 spiro atoms. The number of rotatable bonds is 7. The van der Waals surface area contributed by atoms with Gasteiger partial charge in [-0.1, -0.05) is 72.9 Å². The zero-order valence-corrected chi connectivity index (χ0v) is 24.4. The molecule has 1 nitrogen and oxygen atoms in total. The van der Waals surface area contributed by atoms with Gasteiger partial charge >= 0.3 is 0 Å². The van der Waals surface area contributed by atoms with Gasteiger partial charge in [-0.15, -0.1) is 0 Å². The van der Waals surface area contributed by atoms with Crippen LogP contribution in [0.4, 0.5) is 0 Å². The van der Waals surface area contributed by atoms with Crippen LogP contribution in [0, 0.1) is 41.4 Å². The standard InChI is InChI=1S/C37H53N/c1-3-4-7-31-24-32(11-10-26(31)2)29-14-12-27(13-15-29)28-16-18-30(19-17-28)34-20-21-35(33-22-23-38-25-33)37-9-6-5-8-36(34)37/h5,8,10,12,14,16,25,27,29-32,35,37-38H,3-4,6-7,9,11,13,15,17-24H2,1-2H3. The molecule has 38 heavy (non-hydrogen) atoms. The fourth-order valence-electron chi connectivity index (χ4n) is 9.20. The van der Waals surface area contributed by atoms with Crippen LogP contribution in [0.2, 0.25) is 0 Å². The minimum atomic E-state index is 0.724. The van der Waals surface area contributed by atoms with E-state index in [-0.39, 0.29) is 0 Å². The summed E-state index contributed by atoms with van der Waals surface area (Å²) >= 11 is 0. The van der Waals surface area contributed by atoms with Gasteiger partial charge in [0.15, 0.2) is 0 Å². The Kier molecular flexibility index (Phi) is 8.48. The van der Waals surface area contributed by atoms with Crippen LogP contribution in [0.15, 0.2) is 70.5 Å². The highest BCUT2D eigenvalue weighted by atomic mass is 14.9. The van der Waals surface area contributed by atoms with E-state index in [1.54, 1.807) is 22.3 Å². The van der Waals surface area contributed by atoms with Crippen molar-refractivity contribution in [3.05, 3.63) is 70.5 Å². The van der Waals surface area contributed by atoms with Crippen LogP contribution >= 0.6 is 0 Å². The molecule has 1 aliphatic heterocycles. The highest BCUT2D eigenvalue weighted by Gasteiger charge is 2.37. The van der Waals surface area contributed by atoms with E-state index in [9.17, 15) is 0 Å². The number of hydrogen-bond acceptors (Lipinski definition) is 1. The summed E-state index contributed by atoms with van der Waals surface area (Å²) in [6.07, 6.45) is 38.3. The van der Waals surface area contributed by atoms with E-state index in [1.165, 1.54) is 96.3 Å². The molecule has 0 radical (unpaired) electrons. The molecule has 0 amide bonds. The van der Waals surface area contributed by atoms with E-state index in [4.69, 9.17) is 0 Å². The molecule has 0 aromatic rings. The van der Waals surface area contributed by atoms with Crippen molar-refractivity contribution in [3.8, 4) is 0 Å². The molecule has 0 aromatic carbocycles. The fraction of sp³-hybridized carbons (Fsp3) is 0.676. The van der Waals surface area contributed by atoms with Gasteiger partial charge in [-0.25, -0.2) is 0 Å². The molecule has 0 fully saturated rings. The average molecular weight is 512 g/mol. The maximum atomic E-state index is 3.50. The number of fused-ring (bicyclic) bond motifs is 1. The second-order valence-corrected chi connectivity index (χ2v) is 13.6. The number of nitrogens with one attached hydrogen (secondary N) is 1. The predicted molar refractivity (Wildman–Crippen MR) is 163 cm³/mol. The number of unbranched alkanes of at least 4 members (excludes halogenated alkanes) is 1. The van der Waals surface area contributed by atoms with Gasteiger partial charge in [-0.3, -0.25) is 0 Å². The summed E-state index contributed by atoms with van der Waals surface area (Å²) < 4.78 is 0. The first-order valence-electron chi connectivity index (χ1n) is 16.6. The quantitative estimate of drug-likeness (QED) is 0.335. The van der Waals surface area contributed by atoms with Crippen LogP contribution in [-0.2, 0) is 0 Å². The zero-order chi connectivity index (χ0) is 25.9. The number of allylic oxidation sites excluding steroid dienone is 10. The first kappa shape index (κ1) is 26.5. The summed E-state index contributed by atoms with van der Waals surface area (Å²) in [6, 6.07) is 0. The largest absolute Gasteiger partial charge is 0.391 e. The smallest absolute Gasteiger partial charge is 0.0179 e. The Hall–Kier alpha value is -1.76. The van der Waals surface area contributed by atoms with Gasteiger partial charge in [-0.2, -0.15) is 0 Å². The summed E-state index contributed by atoms with van der Waals surface area (Å²) in [5.74, 6) is 5.67. The third-order valence-corrected chi connectivity index (χ3v) is 11.5. The van der Waals surface area contributed by atoms with E-state index >= 15 is 0 Å². The first-order valence-corrected chi connectivity index (χ1v) is 16.6. The third kappa shape index (κ3) is 5.59. The molecule has 1 N–H and O–H groups in total. The molecule has 0 aromatic heterocycles. The van der Waals surface area contributed by atoms with Gasteiger partial charge in [-0.05, 0) is 149 Å². The maximum absolute atomic E-state index is 3.50. The molecule has 1 heteroatoms. The second-order valence-electron chi connectivity index (χ2n) is 13.6. The van der Waals surface area contributed by atoms with Crippen molar-refractivity contribution in [3.63, 3.8) is 0 Å². The first-order chi connectivity index (χ1) is 18.7. The Morgan fingerprint density at radius 2 is 1.84 bits per heavy atom. The Morgan fingerprint density at radius 3 is 2.61 bits per heavy atom. The van der Waals surface area contributed by atoms with Crippen molar-refractivity contribution >= 4 is 0 Å². The van der Waals surface area contributed by atoms with Crippen molar-refractivity contribution in [2.24, 2.45) is 41.4 Å². The summed E-state index contributed by atoms with van der Waals surface area (Å²) in [7, 11) is 0. The van der Waals surface area contributed by atoms with Crippen LogP contribution in [-0.4, -0.2) is 6.54 Å². The SMILES string of the molecule is CCCCC1CC(C2C=CC(C3=CCC(C4=C5C=CCCC5C(C5=CNCC5)CC4)CC3)CC2)CC=C1C. The van der Waals surface area contributed by atoms with Gasteiger partial charge in [0.2, 0.25) is 0 Å². The van der Waals surface area contributed by atoms with Crippen molar-refractivity contribution in [2.75, 3.05) is 6.54 Å². The molecule has 7 atom stereocenters. The van der Waals surface area contributed by atoms with E-state index < -0.39 is 0 Å². The molecule has 6 aliphatic rings. The van der Waals surface area contributed by atoms with Crippen LogP contribution in [0.3, 0.4) is 0 Å². The lowest BCUT2D eigenvalue weighted by Crippen LogP contribution is -2.28. The van der Waals surface area contributed by atoms with Crippen molar-refractivity contribution in [1.29, 1.82) is 0 Å². The molecule has 1 heterocycles. The molecular weight excluding hydrogens is 458 g/mol. The van der Waals surface area contributed by atoms with E-state index in [2.05, 4.69) is 61.8 Å². The Morgan fingerprint density at radius 1 is 0.895 bits per heavy atom. The summed E-state index contributed by atoms with van der Waals surface area (Å²) in [5, 5.41) is 3.50. The Labute approximate surface area is 233 Å². The molecule has 0 saturated heterocycles. The van der Waals surface area contributed by atoms with Crippen LogP contribution in [0.25, 0.3) is 0 Å². The van der Waals surface area contributed by atoms with Crippen molar-refractivity contribution in [2.45, 2.75) is 110 Å². The van der Waals surface area contributed by atoms with E-state index in [0.29, 0.717) is 0 Å². The monoisotopic (exact) mass is 511 g/mol. The second kappa shape index (κ2) is 12.2. The maximum Gasteiger partial charge on any atom is 0.0179 e. The Bertz CT molecular complexity index is 1030. The van der Waals surface area contributed by atoms with Gasteiger partial charge in [0.05, 0.1) is 0 Å². The fourth-order valence-corrected chi connectivity index (χ4v) is 9.20. The van der Waals surface area contributed by atoms with Gasteiger partial charge < -0.3 is 5.32 Å². The summed E-state index contributed by atoms with van der Waals surface area (Å²) in [5.41, 5.74) is 8.78. The summed E-state index contributed by atoms with van der Waals surface area (Å²) in [4.78, 5) is 0. The zero-order valence-electron chi connectivity index (χ0n) is 24.4. The molecule has 6 rings (SSSR count). The van der Waals surface area contributed by atoms with Gasteiger partial charge in [0.25, 0.3) is 0 Å². The normalized spacial score (nSPS) is 37.3. The predicted octanol–water partition coefficient (Wildman–Crippen LogP) is 10.0. The Balaban J connectivity index is 1.08. The van der Waals surface area contributed by atoms with E-state index in [0.717, 1.165) is 48.0 Å². The van der Waals surface area contributed by atoms with Crippen molar-refractivity contribution < 1.29 is 0 Å².